The first-order valence-electron chi connectivity index (χ1n) is 10.6. The van der Waals surface area contributed by atoms with E-state index in [9.17, 15) is 19.5 Å². The number of amides is 2. The zero-order valence-electron chi connectivity index (χ0n) is 18.4. The molecule has 2 aliphatic rings. The third kappa shape index (κ3) is 7.26. The third-order valence-corrected chi connectivity index (χ3v) is 5.42. The number of carbonyl (C=O) groups is 3. The van der Waals surface area contributed by atoms with Gasteiger partial charge in [-0.25, -0.2) is 0 Å². The predicted octanol–water partition coefficient (Wildman–Crippen LogP) is 0.632. The fourth-order valence-electron chi connectivity index (χ4n) is 3.87. The molecular formula is C21H37N3O5. The van der Waals surface area contributed by atoms with Crippen LogP contribution in [0.3, 0.4) is 0 Å². The molecule has 2 saturated heterocycles. The summed E-state index contributed by atoms with van der Waals surface area (Å²) in [6.45, 7) is 12.4. The van der Waals surface area contributed by atoms with Crippen molar-refractivity contribution in [2.75, 3.05) is 39.3 Å². The van der Waals surface area contributed by atoms with E-state index >= 15 is 0 Å². The minimum Gasteiger partial charge on any atom is -0.459 e. The number of hydrogen-bond donors (Lipinski definition) is 2. The van der Waals surface area contributed by atoms with Crippen molar-refractivity contribution in [3.05, 3.63) is 0 Å². The molecule has 0 aromatic carbocycles. The molecule has 0 saturated carbocycles. The minimum atomic E-state index is -0.838. The van der Waals surface area contributed by atoms with Crippen molar-refractivity contribution in [1.29, 1.82) is 0 Å². The number of esters is 1. The molecule has 8 nitrogen and oxygen atoms in total. The second kappa shape index (κ2) is 9.89. The number of aliphatic hydroxyl groups is 1. The highest BCUT2D eigenvalue weighted by molar-refractivity contribution is 5.98. The van der Waals surface area contributed by atoms with Crippen LogP contribution >= 0.6 is 0 Å². The van der Waals surface area contributed by atoms with Gasteiger partial charge in [-0.15, -0.1) is 0 Å². The van der Waals surface area contributed by atoms with E-state index in [1.54, 1.807) is 20.8 Å². The Morgan fingerprint density at radius 3 is 2.38 bits per heavy atom. The highest BCUT2D eigenvalue weighted by atomic mass is 16.6. The maximum Gasteiger partial charge on any atom is 0.319 e. The highest BCUT2D eigenvalue weighted by Crippen LogP contribution is 2.20. The number of carbonyl (C=O) groups excluding carboxylic acids is 3. The van der Waals surface area contributed by atoms with E-state index in [1.807, 2.05) is 23.6 Å². The maximum atomic E-state index is 12.6. The molecule has 2 rings (SSSR count). The lowest BCUT2D eigenvalue weighted by Gasteiger charge is -2.25. The second-order valence-electron chi connectivity index (χ2n) is 9.67. The predicted molar refractivity (Wildman–Crippen MR) is 109 cm³/mol. The van der Waals surface area contributed by atoms with Gasteiger partial charge in [0.25, 0.3) is 0 Å². The molecule has 0 aliphatic carbocycles. The number of ether oxygens (including phenoxy) is 1. The van der Waals surface area contributed by atoms with Crippen LogP contribution in [0.1, 0.15) is 47.5 Å². The molecular weight excluding hydrogens is 374 g/mol. The molecule has 2 fully saturated rings. The van der Waals surface area contributed by atoms with Gasteiger partial charge in [0.05, 0.1) is 12.6 Å². The Labute approximate surface area is 173 Å². The van der Waals surface area contributed by atoms with E-state index in [4.69, 9.17) is 4.74 Å². The monoisotopic (exact) mass is 411 g/mol. The SMILES string of the molecule is CC(C)[C@@H](C(=O)NC[C@@H]1CCN(C(=O)CN2CC[C@H](O)C2)C1)C(=O)OC(C)(C)C. The molecule has 8 heteroatoms. The second-order valence-corrected chi connectivity index (χ2v) is 9.67. The molecule has 0 radical (unpaired) electrons. The van der Waals surface area contributed by atoms with E-state index < -0.39 is 17.5 Å². The lowest BCUT2D eigenvalue weighted by Crippen LogP contribution is -2.43. The number of β-amino-alcohol motifs (C(OH)–C–C–N with tert-alkyl or cyclic N) is 1. The van der Waals surface area contributed by atoms with E-state index in [2.05, 4.69) is 5.32 Å². The average Bonchev–Trinajstić information content (AvgIpc) is 3.20. The average molecular weight is 412 g/mol. The van der Waals surface area contributed by atoms with Crippen molar-refractivity contribution in [2.45, 2.75) is 59.2 Å². The lowest BCUT2D eigenvalue weighted by atomic mass is 9.94. The number of rotatable bonds is 7. The van der Waals surface area contributed by atoms with Crippen molar-refractivity contribution in [1.82, 2.24) is 15.1 Å². The van der Waals surface area contributed by atoms with Crippen molar-refractivity contribution in [3.63, 3.8) is 0 Å². The van der Waals surface area contributed by atoms with Crippen LogP contribution in [0.15, 0.2) is 0 Å². The van der Waals surface area contributed by atoms with Crippen LogP contribution in [-0.2, 0) is 19.1 Å². The quantitative estimate of drug-likeness (QED) is 0.471. The Bertz CT molecular complexity index is 602. The molecule has 3 atom stereocenters. The Kier molecular flexibility index (Phi) is 8.05. The Morgan fingerprint density at radius 1 is 1.14 bits per heavy atom. The summed E-state index contributed by atoms with van der Waals surface area (Å²) in [4.78, 5) is 41.3. The van der Waals surface area contributed by atoms with Gasteiger partial charge in [0.1, 0.15) is 11.5 Å². The summed E-state index contributed by atoms with van der Waals surface area (Å²) in [5.74, 6) is -1.57. The van der Waals surface area contributed by atoms with Gasteiger partial charge in [-0.3, -0.25) is 19.3 Å². The van der Waals surface area contributed by atoms with Crippen LogP contribution in [0.2, 0.25) is 0 Å². The van der Waals surface area contributed by atoms with Crippen LogP contribution in [0, 0.1) is 17.8 Å². The van der Waals surface area contributed by atoms with Gasteiger partial charge in [-0.1, -0.05) is 13.8 Å². The van der Waals surface area contributed by atoms with E-state index in [-0.39, 0.29) is 29.8 Å². The highest BCUT2D eigenvalue weighted by Gasteiger charge is 2.35. The van der Waals surface area contributed by atoms with E-state index in [0.717, 1.165) is 19.4 Å². The van der Waals surface area contributed by atoms with Gasteiger partial charge in [0.2, 0.25) is 11.8 Å². The molecule has 166 valence electrons. The summed E-state index contributed by atoms with van der Waals surface area (Å²) in [6, 6.07) is 0. The number of likely N-dealkylation sites (tertiary alicyclic amines) is 2. The van der Waals surface area contributed by atoms with Crippen LogP contribution in [0.4, 0.5) is 0 Å². The van der Waals surface area contributed by atoms with Crippen LogP contribution < -0.4 is 5.32 Å². The summed E-state index contributed by atoms with van der Waals surface area (Å²) in [5, 5.41) is 12.5. The van der Waals surface area contributed by atoms with Crippen molar-refractivity contribution in [3.8, 4) is 0 Å². The summed E-state index contributed by atoms with van der Waals surface area (Å²) >= 11 is 0. The van der Waals surface area contributed by atoms with Crippen molar-refractivity contribution in [2.24, 2.45) is 17.8 Å². The first-order valence-corrected chi connectivity index (χ1v) is 10.6. The number of hydrogen-bond acceptors (Lipinski definition) is 6. The maximum absolute atomic E-state index is 12.6. The topological polar surface area (TPSA) is 99.2 Å². The summed E-state index contributed by atoms with van der Waals surface area (Å²) in [6.07, 6.45) is 1.22. The molecule has 0 bridgehead atoms. The largest absolute Gasteiger partial charge is 0.459 e. The molecule has 2 amide bonds. The first-order chi connectivity index (χ1) is 13.5. The van der Waals surface area contributed by atoms with Gasteiger partial charge < -0.3 is 20.1 Å². The third-order valence-electron chi connectivity index (χ3n) is 5.42. The minimum absolute atomic E-state index is 0.0711. The van der Waals surface area contributed by atoms with Gasteiger partial charge in [0.15, 0.2) is 0 Å². The normalized spacial score (nSPS) is 24.0. The van der Waals surface area contributed by atoms with Crippen LogP contribution in [-0.4, -0.2) is 83.7 Å². The van der Waals surface area contributed by atoms with Gasteiger partial charge in [-0.05, 0) is 45.4 Å². The fourth-order valence-corrected chi connectivity index (χ4v) is 3.87. The molecule has 0 aromatic heterocycles. The molecule has 0 aromatic rings. The van der Waals surface area contributed by atoms with Crippen molar-refractivity contribution < 1.29 is 24.2 Å². The first kappa shape index (κ1) is 23.6. The van der Waals surface area contributed by atoms with Crippen LogP contribution in [0.25, 0.3) is 0 Å². The molecule has 2 N–H and O–H groups in total. The Balaban J connectivity index is 1.79. The fraction of sp³-hybridized carbons (Fsp3) is 0.857. The number of aliphatic hydroxyl groups excluding tert-OH is 1. The smallest absolute Gasteiger partial charge is 0.319 e. The summed E-state index contributed by atoms with van der Waals surface area (Å²) in [5.41, 5.74) is -0.637. The standard InChI is InChI=1S/C21H37N3O5/c1-14(2)18(20(28)29-21(3,4)5)19(27)22-10-15-6-9-24(11-15)17(26)13-23-8-7-16(25)12-23/h14-16,18,25H,6-13H2,1-5H3,(H,22,27)/t15-,16-,18-/m0/s1. The molecule has 2 heterocycles. The zero-order chi connectivity index (χ0) is 21.8. The number of nitrogens with one attached hydrogen (secondary N) is 1. The van der Waals surface area contributed by atoms with Gasteiger partial charge in [0, 0.05) is 32.7 Å². The Hall–Kier alpha value is -1.67. The van der Waals surface area contributed by atoms with Gasteiger partial charge in [-0.2, -0.15) is 0 Å². The van der Waals surface area contributed by atoms with Crippen LogP contribution in [0.5, 0.6) is 0 Å². The molecule has 29 heavy (non-hydrogen) atoms. The number of nitrogens with zero attached hydrogens (tertiary/aromatic N) is 2. The van der Waals surface area contributed by atoms with Gasteiger partial charge >= 0.3 is 5.97 Å². The summed E-state index contributed by atoms with van der Waals surface area (Å²) < 4.78 is 5.40. The van der Waals surface area contributed by atoms with E-state index in [0.29, 0.717) is 32.7 Å². The van der Waals surface area contributed by atoms with E-state index in [1.165, 1.54) is 0 Å². The van der Waals surface area contributed by atoms with Crippen molar-refractivity contribution >= 4 is 17.8 Å². The molecule has 0 unspecified atom stereocenters. The summed E-state index contributed by atoms with van der Waals surface area (Å²) in [7, 11) is 0. The molecule has 0 spiro atoms. The Morgan fingerprint density at radius 2 is 1.83 bits per heavy atom. The molecule has 2 aliphatic heterocycles. The zero-order valence-corrected chi connectivity index (χ0v) is 18.4. The lowest BCUT2D eigenvalue weighted by molar-refractivity contribution is -0.164.